The van der Waals surface area contributed by atoms with E-state index in [4.69, 9.17) is 21.7 Å². The zero-order valence-corrected chi connectivity index (χ0v) is 30.6. The van der Waals surface area contributed by atoms with Gasteiger partial charge in [-0.15, -0.1) is 0 Å². The SMILES string of the molecule is CC(C)C[C@H](NC(=O)[C@H](CC(=O)O)NC(=O)[C@H](CC(C)C)NC(=O)[C@H](CC(N)=O)NC(=O)CN)C(=O)N[C@@H](C)C(=O)N[C@@H](CC(=O)O)C(=O)NCC(=O)O. The Labute approximate surface area is 309 Å². The van der Waals surface area contributed by atoms with Crippen molar-refractivity contribution in [3.05, 3.63) is 0 Å². The van der Waals surface area contributed by atoms with Crippen molar-refractivity contribution in [2.24, 2.45) is 23.3 Å². The van der Waals surface area contributed by atoms with Crippen LogP contribution in [0.1, 0.15) is 66.7 Å². The van der Waals surface area contributed by atoms with Gasteiger partial charge in [0, 0.05) is 0 Å². The fourth-order valence-electron chi connectivity index (χ4n) is 4.62. The highest BCUT2D eigenvalue weighted by atomic mass is 16.4. The largest absolute Gasteiger partial charge is 0.481 e. The zero-order valence-electron chi connectivity index (χ0n) is 30.6. The average molecular weight is 774 g/mol. The number of aliphatic carboxylic acids is 3. The quantitative estimate of drug-likeness (QED) is 0.0413. The van der Waals surface area contributed by atoms with Crippen molar-refractivity contribution in [2.75, 3.05) is 13.1 Å². The summed E-state index contributed by atoms with van der Waals surface area (Å²) in [5, 5.41) is 42.9. The number of amides is 8. The van der Waals surface area contributed by atoms with Crippen LogP contribution in [0.15, 0.2) is 0 Å². The van der Waals surface area contributed by atoms with Crippen LogP contribution in [0.4, 0.5) is 0 Å². The van der Waals surface area contributed by atoms with Crippen LogP contribution < -0.4 is 48.7 Å². The summed E-state index contributed by atoms with van der Waals surface area (Å²) < 4.78 is 0. The van der Waals surface area contributed by atoms with Gasteiger partial charge < -0.3 is 64.0 Å². The molecule has 304 valence electrons. The predicted molar refractivity (Wildman–Crippen MR) is 184 cm³/mol. The number of carboxylic acids is 3. The molecule has 23 heteroatoms. The van der Waals surface area contributed by atoms with E-state index in [0.29, 0.717) is 0 Å². The number of carbonyl (C=O) groups is 11. The van der Waals surface area contributed by atoms with Crippen LogP contribution in [-0.4, -0.2) is 130 Å². The van der Waals surface area contributed by atoms with Crippen LogP contribution >= 0.6 is 0 Å². The van der Waals surface area contributed by atoms with E-state index in [1.165, 1.54) is 6.92 Å². The minimum atomic E-state index is -1.82. The standard InChI is InChI=1S/C31H51N9O14/c1-13(2)6-16(28(51)35-15(5)26(49)37-19(9-23(43)44)27(50)34-12-25(47)48)38-31(54)20(10-24(45)46)40-29(52)17(7-14(3)4)39-30(53)18(8-21(33)41)36-22(42)11-32/h13-20H,6-12,32H2,1-5H3,(H2,33,41)(H,34,50)(H,35,51)(H,36,42)(H,37,49)(H,38,54)(H,39,53)(H,40,52)(H,43,44)(H,45,46)(H,47,48)/t15-,16-,17-,18-,19-,20-/m0/s1. The molecule has 0 rings (SSSR count). The second-order valence-electron chi connectivity index (χ2n) is 13.0. The first kappa shape index (κ1) is 48.1. The lowest BCUT2D eigenvalue weighted by atomic mass is 10.0. The molecule has 54 heavy (non-hydrogen) atoms. The monoisotopic (exact) mass is 773 g/mol. The molecule has 0 aliphatic heterocycles. The van der Waals surface area contributed by atoms with E-state index in [1.807, 2.05) is 5.32 Å². The van der Waals surface area contributed by atoms with Crippen LogP contribution in [0, 0.1) is 11.8 Å². The van der Waals surface area contributed by atoms with Gasteiger partial charge in [-0.2, -0.15) is 0 Å². The van der Waals surface area contributed by atoms with E-state index in [1.54, 1.807) is 27.7 Å². The molecular formula is C31H51N9O14. The highest BCUT2D eigenvalue weighted by molar-refractivity contribution is 5.99. The molecule has 8 amide bonds. The van der Waals surface area contributed by atoms with Gasteiger partial charge in [0.15, 0.2) is 0 Å². The molecule has 0 aliphatic rings. The topological polar surface area (TPSA) is 385 Å². The summed E-state index contributed by atoms with van der Waals surface area (Å²) in [4.78, 5) is 135. The lowest BCUT2D eigenvalue weighted by Gasteiger charge is -2.27. The van der Waals surface area contributed by atoms with Gasteiger partial charge in [-0.1, -0.05) is 27.7 Å². The van der Waals surface area contributed by atoms with E-state index in [9.17, 15) is 57.8 Å². The lowest BCUT2D eigenvalue weighted by Crippen LogP contribution is -2.60. The van der Waals surface area contributed by atoms with Gasteiger partial charge >= 0.3 is 17.9 Å². The van der Waals surface area contributed by atoms with E-state index >= 15 is 0 Å². The fraction of sp³-hybridized carbons (Fsp3) is 0.645. The Morgan fingerprint density at radius 1 is 0.481 bits per heavy atom. The van der Waals surface area contributed by atoms with Crippen molar-refractivity contribution in [1.29, 1.82) is 0 Å². The second-order valence-corrected chi connectivity index (χ2v) is 13.0. The van der Waals surface area contributed by atoms with Crippen LogP contribution in [0.3, 0.4) is 0 Å². The summed E-state index contributed by atoms with van der Waals surface area (Å²) in [7, 11) is 0. The first-order valence-corrected chi connectivity index (χ1v) is 16.7. The summed E-state index contributed by atoms with van der Waals surface area (Å²) in [5.41, 5.74) is 10.4. The minimum Gasteiger partial charge on any atom is -0.481 e. The Balaban J connectivity index is 6.10. The molecule has 0 fully saturated rings. The van der Waals surface area contributed by atoms with Gasteiger partial charge in [-0.05, 0) is 31.6 Å². The highest BCUT2D eigenvalue weighted by Crippen LogP contribution is 2.10. The van der Waals surface area contributed by atoms with Crippen molar-refractivity contribution in [3.8, 4) is 0 Å². The third-order valence-corrected chi connectivity index (χ3v) is 7.11. The van der Waals surface area contributed by atoms with E-state index in [-0.39, 0.29) is 24.7 Å². The number of primary amides is 1. The number of nitrogens with one attached hydrogen (secondary N) is 7. The smallest absolute Gasteiger partial charge is 0.322 e. The Kier molecular flexibility index (Phi) is 21.1. The number of nitrogens with two attached hydrogens (primary N) is 2. The van der Waals surface area contributed by atoms with Gasteiger partial charge in [0.2, 0.25) is 47.3 Å². The highest BCUT2D eigenvalue weighted by Gasteiger charge is 2.34. The number of rotatable bonds is 25. The second kappa shape index (κ2) is 23.6. The van der Waals surface area contributed by atoms with Crippen LogP contribution in [0.2, 0.25) is 0 Å². The summed E-state index contributed by atoms with van der Waals surface area (Å²) in [6.45, 7) is 6.48. The van der Waals surface area contributed by atoms with Gasteiger partial charge in [0.1, 0.15) is 42.8 Å². The summed E-state index contributed by atoms with van der Waals surface area (Å²) in [5.74, 6) is -13.1. The number of hydrogen-bond donors (Lipinski definition) is 12. The lowest BCUT2D eigenvalue weighted by molar-refractivity contribution is -0.142. The zero-order chi connectivity index (χ0) is 41.9. The molecule has 0 radical (unpaired) electrons. The summed E-state index contributed by atoms with van der Waals surface area (Å²) in [6.07, 6.45) is -2.69. The molecular weight excluding hydrogens is 722 g/mol. The fourth-order valence-corrected chi connectivity index (χ4v) is 4.62. The molecule has 0 aliphatic carbocycles. The van der Waals surface area contributed by atoms with E-state index in [0.717, 1.165) is 0 Å². The van der Waals surface area contributed by atoms with E-state index < -0.39 is 134 Å². The Bertz CT molecular complexity index is 1420. The molecule has 23 nitrogen and oxygen atoms in total. The van der Waals surface area contributed by atoms with Crippen LogP contribution in [0.25, 0.3) is 0 Å². The maximum absolute atomic E-state index is 13.4. The maximum atomic E-state index is 13.4. The molecule has 0 aromatic heterocycles. The van der Waals surface area contributed by atoms with Crippen molar-refractivity contribution in [2.45, 2.75) is 103 Å². The Hall–Kier alpha value is -5.87. The molecule has 0 bridgehead atoms. The van der Waals surface area contributed by atoms with Crippen molar-refractivity contribution < 1.29 is 68.1 Å². The van der Waals surface area contributed by atoms with Crippen molar-refractivity contribution in [1.82, 2.24) is 37.2 Å². The first-order valence-electron chi connectivity index (χ1n) is 16.7. The molecule has 0 unspecified atom stereocenters. The Morgan fingerprint density at radius 3 is 1.24 bits per heavy atom. The molecule has 0 saturated heterocycles. The third kappa shape index (κ3) is 19.7. The summed E-state index contributed by atoms with van der Waals surface area (Å²) in [6, 6.07) is -9.35. The van der Waals surface area contributed by atoms with Gasteiger partial charge in [-0.25, -0.2) is 0 Å². The molecule has 0 saturated carbocycles. The van der Waals surface area contributed by atoms with Crippen molar-refractivity contribution in [3.63, 3.8) is 0 Å². The van der Waals surface area contributed by atoms with Gasteiger partial charge in [0.25, 0.3) is 0 Å². The van der Waals surface area contributed by atoms with Crippen LogP contribution in [0.5, 0.6) is 0 Å². The molecule has 14 N–H and O–H groups in total. The van der Waals surface area contributed by atoms with E-state index in [2.05, 4.69) is 31.9 Å². The average Bonchev–Trinajstić information content (AvgIpc) is 3.04. The number of hydrogen-bond acceptors (Lipinski definition) is 12. The number of carboxylic acid groups (broad SMARTS) is 3. The molecule has 0 heterocycles. The number of carbonyl (C=O) groups excluding carboxylic acids is 8. The summed E-state index contributed by atoms with van der Waals surface area (Å²) >= 11 is 0. The molecule has 0 aromatic rings. The molecule has 0 aromatic carbocycles. The maximum Gasteiger partial charge on any atom is 0.322 e. The molecule has 6 atom stereocenters. The molecule has 0 spiro atoms. The minimum absolute atomic E-state index is 0.0556. The normalized spacial score (nSPS) is 14.1. The third-order valence-electron chi connectivity index (χ3n) is 7.11. The van der Waals surface area contributed by atoms with Crippen molar-refractivity contribution >= 4 is 65.2 Å². The van der Waals surface area contributed by atoms with Gasteiger partial charge in [-0.3, -0.25) is 52.7 Å². The van der Waals surface area contributed by atoms with Gasteiger partial charge in [0.05, 0.1) is 25.8 Å². The van der Waals surface area contributed by atoms with Crippen LogP contribution in [-0.2, 0) is 52.7 Å². The first-order chi connectivity index (χ1) is 25.0. The Morgan fingerprint density at radius 2 is 0.852 bits per heavy atom. The predicted octanol–water partition coefficient (Wildman–Crippen LogP) is -5.01.